The normalized spacial score (nSPS) is 10.8. The Balaban J connectivity index is 0.00000288. The lowest BCUT2D eigenvalue weighted by molar-refractivity contribution is -0.00000530. The summed E-state index contributed by atoms with van der Waals surface area (Å²) in [4.78, 5) is 2.40. The number of hydrogen-bond donors (Lipinski definition) is 0. The first kappa shape index (κ1) is 20.8. The molecule has 2 aromatic rings. The number of rotatable bonds is 10. The molecule has 0 spiro atoms. The van der Waals surface area contributed by atoms with Gasteiger partial charge in [-0.2, -0.15) is 0 Å². The third kappa shape index (κ3) is 5.68. The van der Waals surface area contributed by atoms with Gasteiger partial charge >= 0.3 is 0 Å². The van der Waals surface area contributed by atoms with Gasteiger partial charge in [-0.3, -0.25) is 0 Å². The van der Waals surface area contributed by atoms with Gasteiger partial charge in [-0.05, 0) is 42.8 Å². The zero-order valence-electron chi connectivity index (χ0n) is 15.4. The minimum Gasteiger partial charge on any atom is -1.00 e. The molecule has 0 saturated heterocycles. The summed E-state index contributed by atoms with van der Waals surface area (Å²) in [5.41, 5.74) is 1.39. The molecule has 0 heterocycles. The van der Waals surface area contributed by atoms with Crippen molar-refractivity contribution in [3.05, 3.63) is 42.0 Å². The summed E-state index contributed by atoms with van der Waals surface area (Å²) in [6.07, 6.45) is 4.87. The Morgan fingerprint density at radius 1 is 0.917 bits per heavy atom. The molecule has 0 aliphatic rings. The second-order valence-corrected chi connectivity index (χ2v) is 6.10. The van der Waals surface area contributed by atoms with Gasteiger partial charge in [0.1, 0.15) is 12.4 Å². The van der Waals surface area contributed by atoms with Crippen LogP contribution in [0.25, 0.3) is 10.8 Å². The number of aryl methyl sites for hydroxylation is 1. The monoisotopic (exact) mass is 348 g/mol. The highest BCUT2D eigenvalue weighted by molar-refractivity contribution is 5.87. The number of benzene rings is 2. The number of ether oxygens (including phenoxy) is 1. The van der Waals surface area contributed by atoms with Crippen LogP contribution in [0.3, 0.4) is 0 Å². The third-order valence-electron chi connectivity index (χ3n) is 4.59. The van der Waals surface area contributed by atoms with Gasteiger partial charge in [-0.15, -0.1) is 0 Å². The van der Waals surface area contributed by atoms with Crippen molar-refractivity contribution in [1.29, 1.82) is 0 Å². The van der Waals surface area contributed by atoms with Crippen LogP contribution in [0.15, 0.2) is 36.4 Å². The van der Waals surface area contributed by atoms with Crippen molar-refractivity contribution < 1.29 is 17.1 Å². The van der Waals surface area contributed by atoms with Gasteiger partial charge in [-0.25, -0.2) is 0 Å². The number of halogens is 1. The topological polar surface area (TPSA) is 12.5 Å². The number of fused-ring (bicyclic) bond motifs is 1. The van der Waals surface area contributed by atoms with E-state index in [2.05, 4.69) is 62.1 Å². The molecule has 0 N–H and O–H groups in total. The summed E-state index contributed by atoms with van der Waals surface area (Å²) in [7, 11) is 0. The maximum Gasteiger partial charge on any atom is 0.123 e. The third-order valence-corrected chi connectivity index (χ3v) is 4.59. The van der Waals surface area contributed by atoms with Gasteiger partial charge in [0.15, 0.2) is 0 Å². The Bertz CT molecular complexity index is 595. The zero-order valence-corrected chi connectivity index (χ0v) is 16.1. The quantitative estimate of drug-likeness (QED) is 0.611. The van der Waals surface area contributed by atoms with Crippen LogP contribution < -0.4 is 17.1 Å². The summed E-state index contributed by atoms with van der Waals surface area (Å²) >= 11 is 0. The maximum absolute atomic E-state index is 6.17. The molecule has 0 fully saturated rings. The fourth-order valence-corrected chi connectivity index (χ4v) is 3.09. The second-order valence-electron chi connectivity index (χ2n) is 6.10. The van der Waals surface area contributed by atoms with E-state index in [0.29, 0.717) is 0 Å². The fourth-order valence-electron chi connectivity index (χ4n) is 3.09. The molecule has 0 saturated carbocycles. The van der Waals surface area contributed by atoms with E-state index in [1.807, 2.05) is 0 Å². The van der Waals surface area contributed by atoms with Crippen molar-refractivity contribution >= 4 is 10.8 Å². The molecule has 0 unspecified atom stereocenters. The van der Waals surface area contributed by atoms with E-state index in [1.165, 1.54) is 35.6 Å². The van der Waals surface area contributed by atoms with Gasteiger partial charge in [0.05, 0.1) is 0 Å². The van der Waals surface area contributed by atoms with Crippen molar-refractivity contribution in [2.45, 2.75) is 46.5 Å². The predicted octanol–water partition coefficient (Wildman–Crippen LogP) is 2.30. The van der Waals surface area contributed by atoms with Gasteiger partial charge in [0, 0.05) is 12.1 Å². The molecule has 2 nitrogen and oxygen atoms in total. The standard InChI is InChI=1S/C21H31NO.ClH/c1-4-7-8-13-20-19-12-10-9-11-18(19)14-15-21(20)23-17-16-22(5-2)6-3;/h9-12,14-15H,4-8,13,16-17H2,1-3H3;1H/p-1. The van der Waals surface area contributed by atoms with Crippen molar-refractivity contribution in [3.8, 4) is 5.75 Å². The van der Waals surface area contributed by atoms with Crippen LogP contribution >= 0.6 is 0 Å². The second kappa shape index (κ2) is 11.3. The maximum atomic E-state index is 6.17. The molecule has 0 radical (unpaired) electrons. The molecule has 0 atom stereocenters. The number of hydrogen-bond acceptors (Lipinski definition) is 2. The molecule has 24 heavy (non-hydrogen) atoms. The van der Waals surface area contributed by atoms with E-state index in [9.17, 15) is 0 Å². The van der Waals surface area contributed by atoms with Crippen molar-refractivity contribution in [2.24, 2.45) is 0 Å². The first-order valence-electron chi connectivity index (χ1n) is 9.15. The Labute approximate surface area is 153 Å². The molecule has 2 rings (SSSR count). The molecular formula is C21H31ClNO-. The highest BCUT2D eigenvalue weighted by atomic mass is 35.5. The zero-order chi connectivity index (χ0) is 16.5. The minimum atomic E-state index is 0. The van der Waals surface area contributed by atoms with Crippen molar-refractivity contribution in [2.75, 3.05) is 26.2 Å². The highest BCUT2D eigenvalue weighted by Crippen LogP contribution is 2.29. The molecule has 2 aromatic carbocycles. The fraction of sp³-hybridized carbons (Fsp3) is 0.524. The largest absolute Gasteiger partial charge is 1.00 e. The molecule has 0 amide bonds. The summed E-state index contributed by atoms with van der Waals surface area (Å²) in [5, 5.41) is 2.67. The lowest BCUT2D eigenvalue weighted by atomic mass is 9.98. The predicted molar refractivity (Wildman–Crippen MR) is 100 cm³/mol. The first-order valence-corrected chi connectivity index (χ1v) is 9.15. The minimum absolute atomic E-state index is 0. The Kier molecular flexibility index (Phi) is 9.82. The average Bonchev–Trinajstić information content (AvgIpc) is 2.60. The van der Waals surface area contributed by atoms with E-state index in [4.69, 9.17) is 4.74 Å². The lowest BCUT2D eigenvalue weighted by Gasteiger charge is -2.19. The van der Waals surface area contributed by atoms with Gasteiger partial charge in [-0.1, -0.05) is 63.9 Å². The molecule has 0 bridgehead atoms. The molecule has 0 aromatic heterocycles. The average molecular weight is 349 g/mol. The number of unbranched alkanes of at least 4 members (excludes halogenated alkanes) is 2. The van der Waals surface area contributed by atoms with Gasteiger partial charge < -0.3 is 22.0 Å². The van der Waals surface area contributed by atoms with Crippen LogP contribution in [-0.4, -0.2) is 31.1 Å². The molecule has 134 valence electrons. The summed E-state index contributed by atoms with van der Waals surface area (Å²) < 4.78 is 6.17. The van der Waals surface area contributed by atoms with E-state index in [-0.39, 0.29) is 12.4 Å². The SMILES string of the molecule is CCCCCc1c(OCCN(CC)CC)ccc2ccccc12.[Cl-]. The Hall–Kier alpha value is -1.25. The number of nitrogens with zero attached hydrogens (tertiary/aromatic N) is 1. The van der Waals surface area contributed by atoms with E-state index >= 15 is 0 Å². The van der Waals surface area contributed by atoms with Crippen LogP contribution in [0.2, 0.25) is 0 Å². The highest BCUT2D eigenvalue weighted by Gasteiger charge is 2.09. The molecule has 3 heteroatoms. The van der Waals surface area contributed by atoms with Crippen LogP contribution in [0, 0.1) is 0 Å². The number of likely N-dealkylation sites (N-methyl/N-ethyl adjacent to an activating group) is 1. The van der Waals surface area contributed by atoms with Crippen LogP contribution in [0.1, 0.15) is 45.6 Å². The van der Waals surface area contributed by atoms with Crippen LogP contribution in [-0.2, 0) is 6.42 Å². The smallest absolute Gasteiger partial charge is 0.123 e. The lowest BCUT2D eigenvalue weighted by Crippen LogP contribution is -3.00. The Morgan fingerprint density at radius 3 is 2.38 bits per heavy atom. The van der Waals surface area contributed by atoms with Crippen molar-refractivity contribution in [3.63, 3.8) is 0 Å². The summed E-state index contributed by atoms with van der Waals surface area (Å²) in [6.45, 7) is 10.6. The first-order chi connectivity index (χ1) is 11.3. The summed E-state index contributed by atoms with van der Waals surface area (Å²) in [6, 6.07) is 13.0. The van der Waals surface area contributed by atoms with Crippen molar-refractivity contribution in [1.82, 2.24) is 4.90 Å². The molecule has 0 aliphatic heterocycles. The molecule has 0 aliphatic carbocycles. The Morgan fingerprint density at radius 2 is 1.67 bits per heavy atom. The molecular weight excluding hydrogens is 318 g/mol. The van der Waals surface area contributed by atoms with Crippen LogP contribution in [0.4, 0.5) is 0 Å². The van der Waals surface area contributed by atoms with Gasteiger partial charge in [0.25, 0.3) is 0 Å². The van der Waals surface area contributed by atoms with E-state index in [0.717, 1.165) is 38.4 Å². The van der Waals surface area contributed by atoms with E-state index < -0.39 is 0 Å². The van der Waals surface area contributed by atoms with E-state index in [1.54, 1.807) is 0 Å². The summed E-state index contributed by atoms with van der Waals surface area (Å²) in [5.74, 6) is 1.08. The van der Waals surface area contributed by atoms with Gasteiger partial charge in [0.2, 0.25) is 0 Å². The van der Waals surface area contributed by atoms with Crippen LogP contribution in [0.5, 0.6) is 5.75 Å².